The Labute approximate surface area is 91.4 Å². The normalized spacial score (nSPS) is 7.92. The fourth-order valence-corrected chi connectivity index (χ4v) is 0.798. The van der Waals surface area contributed by atoms with Gasteiger partial charge in [-0.25, -0.2) is 0 Å². The summed E-state index contributed by atoms with van der Waals surface area (Å²) in [7, 11) is 0. The Morgan fingerprint density at radius 2 is 1.92 bits per heavy atom. The van der Waals surface area contributed by atoms with E-state index in [9.17, 15) is 4.79 Å². The first kappa shape index (κ1) is 11.3. The molecule has 0 fully saturated rings. The van der Waals surface area contributed by atoms with Gasteiger partial charge in [-0.1, -0.05) is 30.3 Å². The third kappa shape index (κ3) is 3.13. The first-order valence-electron chi connectivity index (χ1n) is 3.30. The second-order valence-corrected chi connectivity index (χ2v) is 2.12. The Morgan fingerprint density at radius 3 is 2.42 bits per heavy atom. The van der Waals surface area contributed by atoms with Gasteiger partial charge in [-0.15, -0.1) is 0 Å². The minimum absolute atomic E-state index is 0. The first-order chi connectivity index (χ1) is 5.34. The van der Waals surface area contributed by atoms with E-state index in [2.05, 4.69) is 0 Å². The van der Waals surface area contributed by atoms with Crippen LogP contribution < -0.4 is 0 Å². The van der Waals surface area contributed by atoms with Crippen molar-refractivity contribution in [1.82, 2.24) is 0 Å². The molecule has 0 radical (unpaired) electrons. The van der Waals surface area contributed by atoms with Gasteiger partial charge < -0.3 is 0 Å². The Morgan fingerprint density at radius 1 is 1.33 bits per heavy atom. The standard InChI is InChI=1S/C9H7NO.Tl/c10-7-6-9(11)8-4-2-1-3-5-8;/h1-5H,6H2;/q;+1. The van der Waals surface area contributed by atoms with Crippen molar-refractivity contribution >= 4 is 33.1 Å². The van der Waals surface area contributed by atoms with E-state index in [1.54, 1.807) is 24.3 Å². The Kier molecular flexibility index (Phi) is 5.55. The van der Waals surface area contributed by atoms with Crippen molar-refractivity contribution in [3.63, 3.8) is 0 Å². The molecule has 0 spiro atoms. The molecule has 0 saturated heterocycles. The number of nitriles is 1. The third-order valence-electron chi connectivity index (χ3n) is 1.34. The van der Waals surface area contributed by atoms with Gasteiger partial charge in [-0.2, -0.15) is 5.26 Å². The number of Topliss-reactive ketones (excluding diaryl/α,β-unsaturated/α-hetero) is 1. The van der Waals surface area contributed by atoms with Crippen LogP contribution in [0.5, 0.6) is 0 Å². The fraction of sp³-hybridized carbons (Fsp3) is 0.111. The molecule has 3 heteroatoms. The molecule has 12 heavy (non-hydrogen) atoms. The van der Waals surface area contributed by atoms with E-state index in [0.29, 0.717) is 5.56 Å². The van der Waals surface area contributed by atoms with Gasteiger partial charge in [0.1, 0.15) is 0 Å². The molecule has 2 nitrogen and oxygen atoms in total. The molecule has 0 unspecified atom stereocenters. The van der Waals surface area contributed by atoms with E-state index < -0.39 is 0 Å². The maximum absolute atomic E-state index is 11.0. The second kappa shape index (κ2) is 5.89. The van der Waals surface area contributed by atoms with E-state index >= 15 is 0 Å². The molecule has 0 aliphatic carbocycles. The zero-order valence-electron chi connectivity index (χ0n) is 6.53. The molecular formula is C9H7NOTl+. The van der Waals surface area contributed by atoms with Crippen molar-refractivity contribution in [3.8, 4) is 6.07 Å². The number of hydrogen-bond acceptors (Lipinski definition) is 2. The Bertz CT molecular complexity index is 289. The number of hydrogen-bond donors (Lipinski definition) is 0. The SMILES string of the molecule is N#CCC(=O)c1ccccc1.[Tl+]. The number of benzene rings is 1. The van der Waals surface area contributed by atoms with Crippen molar-refractivity contribution in [2.24, 2.45) is 0 Å². The van der Waals surface area contributed by atoms with Crippen LogP contribution in [-0.4, -0.2) is 33.1 Å². The number of carbonyl (C=O) groups is 1. The molecule has 56 valence electrons. The molecule has 0 saturated carbocycles. The molecule has 0 atom stereocenters. The zero-order valence-corrected chi connectivity index (χ0v) is 11.0. The van der Waals surface area contributed by atoms with E-state index in [1.165, 1.54) is 0 Å². The summed E-state index contributed by atoms with van der Waals surface area (Å²) in [5, 5.41) is 8.23. The summed E-state index contributed by atoms with van der Waals surface area (Å²) in [5.74, 6) is -0.117. The van der Waals surface area contributed by atoms with Gasteiger partial charge in [0.2, 0.25) is 0 Å². The summed E-state index contributed by atoms with van der Waals surface area (Å²) >= 11 is 0. The summed E-state index contributed by atoms with van der Waals surface area (Å²) in [6.07, 6.45) is -0.0377. The average Bonchev–Trinajstić information content (AvgIpc) is 2.07. The average molecular weight is 350 g/mol. The summed E-state index contributed by atoms with van der Waals surface area (Å²) in [6.45, 7) is 0. The Balaban J connectivity index is 0.00000121. The smallest absolute Gasteiger partial charge is 0.293 e. The van der Waals surface area contributed by atoms with Crippen LogP contribution in [0.25, 0.3) is 0 Å². The predicted molar refractivity (Wildman–Crippen MR) is 46.8 cm³/mol. The quantitative estimate of drug-likeness (QED) is 0.598. The zero-order chi connectivity index (χ0) is 8.10. The van der Waals surface area contributed by atoms with Crippen LogP contribution in [-0.2, 0) is 0 Å². The fourth-order valence-electron chi connectivity index (χ4n) is 0.798. The topological polar surface area (TPSA) is 40.9 Å². The van der Waals surface area contributed by atoms with Crippen LogP contribution in [0.1, 0.15) is 16.8 Å². The largest absolute Gasteiger partial charge is 1.00 e. The van der Waals surface area contributed by atoms with Crippen molar-refractivity contribution in [3.05, 3.63) is 35.9 Å². The van der Waals surface area contributed by atoms with Crippen molar-refractivity contribution in [2.75, 3.05) is 0 Å². The van der Waals surface area contributed by atoms with Crippen molar-refractivity contribution < 1.29 is 4.79 Å². The van der Waals surface area contributed by atoms with Crippen LogP contribution in [0.4, 0.5) is 0 Å². The minimum atomic E-state index is -0.117. The molecule has 0 aromatic heterocycles. The van der Waals surface area contributed by atoms with Gasteiger partial charge in [-0.05, 0) is 0 Å². The van der Waals surface area contributed by atoms with Gasteiger partial charge in [0.15, 0.2) is 5.78 Å². The molecule has 1 aromatic carbocycles. The number of carbonyl (C=O) groups excluding carboxylic acids is 1. The van der Waals surface area contributed by atoms with Crippen LogP contribution in [0.3, 0.4) is 0 Å². The van der Waals surface area contributed by atoms with Gasteiger partial charge >= 0.3 is 27.3 Å². The number of ketones is 1. The maximum Gasteiger partial charge on any atom is 1.00 e. The van der Waals surface area contributed by atoms with Gasteiger partial charge in [0.25, 0.3) is 0 Å². The van der Waals surface area contributed by atoms with Crippen LogP contribution in [0, 0.1) is 11.3 Å². The van der Waals surface area contributed by atoms with E-state index in [0.717, 1.165) is 0 Å². The maximum atomic E-state index is 11.0. The molecule has 0 heterocycles. The van der Waals surface area contributed by atoms with E-state index in [1.807, 2.05) is 12.1 Å². The summed E-state index contributed by atoms with van der Waals surface area (Å²) in [6, 6.07) is 10.6. The molecule has 0 aliphatic heterocycles. The van der Waals surface area contributed by atoms with E-state index in [-0.39, 0.29) is 39.5 Å². The predicted octanol–water partition coefficient (Wildman–Crippen LogP) is 1.40. The van der Waals surface area contributed by atoms with Crippen LogP contribution in [0.15, 0.2) is 30.3 Å². The number of nitrogens with zero attached hydrogens (tertiary/aromatic N) is 1. The number of rotatable bonds is 2. The molecule has 0 amide bonds. The van der Waals surface area contributed by atoms with Crippen LogP contribution in [0.2, 0.25) is 0 Å². The minimum Gasteiger partial charge on any atom is -0.293 e. The van der Waals surface area contributed by atoms with Gasteiger partial charge in [0.05, 0.1) is 12.5 Å². The third-order valence-corrected chi connectivity index (χ3v) is 1.34. The molecule has 1 aromatic rings. The molecule has 0 bridgehead atoms. The molecule has 0 N–H and O–H groups in total. The molecule has 1 rings (SSSR count). The summed E-state index contributed by atoms with van der Waals surface area (Å²) in [5.41, 5.74) is 0.606. The van der Waals surface area contributed by atoms with Gasteiger partial charge in [-0.3, -0.25) is 4.79 Å². The van der Waals surface area contributed by atoms with Crippen molar-refractivity contribution in [1.29, 1.82) is 5.26 Å². The molecular weight excluding hydrogens is 342 g/mol. The van der Waals surface area contributed by atoms with Gasteiger partial charge in [0, 0.05) is 5.56 Å². The van der Waals surface area contributed by atoms with Crippen molar-refractivity contribution in [2.45, 2.75) is 6.42 Å². The Hall–Kier alpha value is -0.698. The van der Waals surface area contributed by atoms with E-state index in [4.69, 9.17) is 5.26 Å². The molecule has 0 aliphatic rings. The first-order valence-corrected chi connectivity index (χ1v) is 3.30. The monoisotopic (exact) mass is 350 g/mol. The summed E-state index contributed by atoms with van der Waals surface area (Å²) < 4.78 is 0. The second-order valence-electron chi connectivity index (χ2n) is 2.12. The van der Waals surface area contributed by atoms with Crippen LogP contribution >= 0.6 is 0 Å². The summed E-state index contributed by atoms with van der Waals surface area (Å²) in [4.78, 5) is 11.0.